The molecule has 1 aliphatic heterocycles. The van der Waals surface area contributed by atoms with E-state index in [1.165, 1.54) is 12.1 Å². The highest BCUT2D eigenvalue weighted by Crippen LogP contribution is 2.35. The number of carboxylic acid groups (broad SMARTS) is 1. The van der Waals surface area contributed by atoms with Gasteiger partial charge in [-0.3, -0.25) is 19.3 Å². The Labute approximate surface area is 256 Å². The zero-order valence-electron chi connectivity index (χ0n) is 20.8. The van der Waals surface area contributed by atoms with E-state index in [1.54, 1.807) is 24.3 Å². The van der Waals surface area contributed by atoms with Gasteiger partial charge in [0.1, 0.15) is 18.9 Å². The molecule has 3 aromatic rings. The van der Waals surface area contributed by atoms with Gasteiger partial charge in [0.05, 0.1) is 17.6 Å². The molecule has 4 rings (SSSR count). The lowest BCUT2D eigenvalue weighted by molar-refractivity contribution is -0.127. The predicted octanol–water partition coefficient (Wildman–Crippen LogP) is 6.46. The van der Waals surface area contributed by atoms with Crippen molar-refractivity contribution in [2.24, 2.45) is 0 Å². The number of rotatable bonds is 8. The van der Waals surface area contributed by atoms with E-state index < -0.39 is 23.0 Å². The summed E-state index contributed by atoms with van der Waals surface area (Å²) >= 11 is 5.08. The number of nitrogens with one attached hydrogen (secondary N) is 1. The smallest absolute Gasteiger partial charge is 0.335 e. The maximum Gasteiger partial charge on any atom is 0.335 e. The number of hydrogen-bond donors (Lipinski definition) is 2. The lowest BCUT2D eigenvalue weighted by atomic mass is 10.1. The second-order valence-electron chi connectivity index (χ2n) is 8.72. The van der Waals surface area contributed by atoms with Crippen molar-refractivity contribution >= 4 is 91.7 Å². The van der Waals surface area contributed by atoms with Crippen LogP contribution in [0.25, 0.3) is 6.08 Å². The van der Waals surface area contributed by atoms with E-state index in [2.05, 4.69) is 50.5 Å². The summed E-state index contributed by atoms with van der Waals surface area (Å²) in [5.74, 6) is -1.30. The number of anilines is 1. The molecular weight excluding hydrogens is 746 g/mol. The van der Waals surface area contributed by atoms with E-state index in [0.29, 0.717) is 17.0 Å². The van der Waals surface area contributed by atoms with Gasteiger partial charge in [-0.2, -0.15) is 0 Å². The van der Waals surface area contributed by atoms with Crippen molar-refractivity contribution in [1.82, 2.24) is 4.90 Å². The third kappa shape index (κ3) is 7.19. The van der Waals surface area contributed by atoms with E-state index in [0.717, 1.165) is 40.5 Å². The molecule has 39 heavy (non-hydrogen) atoms. The summed E-state index contributed by atoms with van der Waals surface area (Å²) < 4.78 is 7.59. The maximum atomic E-state index is 12.9. The van der Waals surface area contributed by atoms with Gasteiger partial charge < -0.3 is 15.2 Å². The minimum absolute atomic E-state index is 0.207. The van der Waals surface area contributed by atoms with Crippen molar-refractivity contribution in [2.45, 2.75) is 20.5 Å². The first-order chi connectivity index (χ1) is 18.5. The number of carbonyl (C=O) groups excluding carboxylic acids is 3. The number of imide groups is 1. The Morgan fingerprint density at radius 2 is 1.67 bits per heavy atom. The molecule has 1 fully saturated rings. The molecule has 0 aromatic heterocycles. The number of amides is 3. The molecule has 1 saturated heterocycles. The molecule has 0 spiro atoms. The monoisotopic (exact) mass is 768 g/mol. The standard InChI is InChI=1S/C28H22I2N2O6S/c1-15-3-8-20(9-16(15)2)31-24(33)13-32-26(34)23(39-28(32)37)12-18-10-21(29)25(22(30)11-18)38-14-17-4-6-19(7-5-17)27(35)36/h3-12H,13-14H2,1-2H3,(H,31,33)(H,35,36)/b23-12+. The van der Waals surface area contributed by atoms with Gasteiger partial charge in [-0.15, -0.1) is 0 Å². The highest BCUT2D eigenvalue weighted by Gasteiger charge is 2.36. The number of carboxylic acids is 1. The van der Waals surface area contributed by atoms with Crippen LogP contribution >= 0.6 is 56.9 Å². The van der Waals surface area contributed by atoms with E-state index >= 15 is 0 Å². The Kier molecular flexibility index (Phi) is 9.33. The molecule has 2 N–H and O–H groups in total. The fraction of sp³-hybridized carbons (Fsp3) is 0.143. The zero-order valence-corrected chi connectivity index (χ0v) is 25.9. The van der Waals surface area contributed by atoms with Gasteiger partial charge in [-0.05, 0) is 136 Å². The molecule has 200 valence electrons. The fourth-order valence-electron chi connectivity index (χ4n) is 3.65. The summed E-state index contributed by atoms with van der Waals surface area (Å²) in [5, 5.41) is 11.3. The number of aryl methyl sites for hydroxylation is 2. The Bertz CT molecular complexity index is 1500. The summed E-state index contributed by atoms with van der Waals surface area (Å²) in [6.07, 6.45) is 1.63. The number of hydrogen-bond acceptors (Lipinski definition) is 6. The van der Waals surface area contributed by atoms with Crippen LogP contribution in [0.1, 0.15) is 32.6 Å². The average Bonchev–Trinajstić information content (AvgIpc) is 3.13. The number of carbonyl (C=O) groups is 4. The molecule has 8 nitrogen and oxygen atoms in total. The van der Waals surface area contributed by atoms with Gasteiger partial charge in [0.25, 0.3) is 11.1 Å². The molecule has 0 atom stereocenters. The van der Waals surface area contributed by atoms with Crippen molar-refractivity contribution in [3.63, 3.8) is 0 Å². The third-order valence-corrected chi connectivity index (χ3v) is 8.38. The lowest BCUT2D eigenvalue weighted by Crippen LogP contribution is -2.36. The van der Waals surface area contributed by atoms with Crippen LogP contribution in [0.5, 0.6) is 5.75 Å². The number of thioether (sulfide) groups is 1. The maximum absolute atomic E-state index is 12.9. The van der Waals surface area contributed by atoms with Crippen LogP contribution in [-0.2, 0) is 16.2 Å². The SMILES string of the molecule is Cc1ccc(NC(=O)CN2C(=O)S/C(=C/c3cc(I)c(OCc4ccc(C(=O)O)cc4)c(I)c3)C2=O)cc1C. The van der Waals surface area contributed by atoms with Crippen LogP contribution in [-0.4, -0.2) is 39.6 Å². The molecule has 0 aliphatic carbocycles. The van der Waals surface area contributed by atoms with Crippen LogP contribution in [0.15, 0.2) is 59.5 Å². The zero-order chi connectivity index (χ0) is 28.3. The van der Waals surface area contributed by atoms with E-state index in [-0.39, 0.29) is 23.6 Å². The molecule has 0 bridgehead atoms. The van der Waals surface area contributed by atoms with Crippen molar-refractivity contribution in [2.75, 3.05) is 11.9 Å². The summed E-state index contributed by atoms with van der Waals surface area (Å²) in [4.78, 5) is 50.2. The molecule has 0 unspecified atom stereocenters. The van der Waals surface area contributed by atoms with Gasteiger partial charge in [0, 0.05) is 5.69 Å². The number of nitrogens with zero attached hydrogens (tertiary/aromatic N) is 1. The highest BCUT2D eigenvalue weighted by molar-refractivity contribution is 14.1. The van der Waals surface area contributed by atoms with Gasteiger partial charge in [-0.1, -0.05) is 18.2 Å². The van der Waals surface area contributed by atoms with Crippen LogP contribution in [0.4, 0.5) is 10.5 Å². The Morgan fingerprint density at radius 3 is 2.28 bits per heavy atom. The van der Waals surface area contributed by atoms with Crippen molar-refractivity contribution in [3.05, 3.63) is 94.5 Å². The summed E-state index contributed by atoms with van der Waals surface area (Å²) in [7, 11) is 0. The molecule has 11 heteroatoms. The summed E-state index contributed by atoms with van der Waals surface area (Å²) in [6.45, 7) is 3.80. The molecular formula is C28H22I2N2O6S. The highest BCUT2D eigenvalue weighted by atomic mass is 127. The minimum Gasteiger partial charge on any atom is -0.487 e. The van der Waals surface area contributed by atoms with Gasteiger partial charge in [0.15, 0.2) is 0 Å². The van der Waals surface area contributed by atoms with Gasteiger partial charge in [-0.25, -0.2) is 4.79 Å². The van der Waals surface area contributed by atoms with Crippen LogP contribution in [0, 0.1) is 21.0 Å². The van der Waals surface area contributed by atoms with Crippen molar-refractivity contribution in [1.29, 1.82) is 0 Å². The van der Waals surface area contributed by atoms with E-state index in [1.807, 2.05) is 38.1 Å². The first-order valence-electron chi connectivity index (χ1n) is 11.6. The minimum atomic E-state index is -0.986. The van der Waals surface area contributed by atoms with E-state index in [9.17, 15) is 19.2 Å². The van der Waals surface area contributed by atoms with Crippen LogP contribution < -0.4 is 10.1 Å². The van der Waals surface area contributed by atoms with Gasteiger partial charge in [0.2, 0.25) is 5.91 Å². The number of halogens is 2. The number of ether oxygens (including phenoxy) is 1. The van der Waals surface area contributed by atoms with Crippen molar-refractivity contribution in [3.8, 4) is 5.75 Å². The molecule has 0 saturated carbocycles. The van der Waals surface area contributed by atoms with Gasteiger partial charge >= 0.3 is 5.97 Å². The quantitative estimate of drug-likeness (QED) is 0.200. The lowest BCUT2D eigenvalue weighted by Gasteiger charge is -2.13. The largest absolute Gasteiger partial charge is 0.487 e. The topological polar surface area (TPSA) is 113 Å². The Hall–Kier alpha value is -2.91. The predicted molar refractivity (Wildman–Crippen MR) is 167 cm³/mol. The second kappa shape index (κ2) is 12.5. The average molecular weight is 768 g/mol. The molecule has 1 heterocycles. The first kappa shape index (κ1) is 29.1. The summed E-state index contributed by atoms with van der Waals surface area (Å²) in [5.41, 5.74) is 4.48. The third-order valence-electron chi connectivity index (χ3n) is 5.87. The normalized spacial score (nSPS) is 14.2. The number of aromatic carboxylic acids is 1. The van der Waals surface area contributed by atoms with E-state index in [4.69, 9.17) is 9.84 Å². The van der Waals surface area contributed by atoms with Crippen LogP contribution in [0.2, 0.25) is 0 Å². The Balaban J connectivity index is 1.42. The molecule has 1 aliphatic rings. The van der Waals surface area contributed by atoms with Crippen LogP contribution in [0.3, 0.4) is 0 Å². The first-order valence-corrected chi connectivity index (χ1v) is 14.6. The fourth-order valence-corrected chi connectivity index (χ4v) is 6.62. The Morgan fingerprint density at radius 1 is 1.00 bits per heavy atom. The molecule has 0 radical (unpaired) electrons. The summed E-state index contributed by atoms with van der Waals surface area (Å²) in [6, 6.07) is 15.7. The second-order valence-corrected chi connectivity index (χ2v) is 12.0. The molecule has 3 amide bonds. The van der Waals surface area contributed by atoms with Crippen molar-refractivity contribution < 1.29 is 29.0 Å². The number of benzene rings is 3. The molecule has 3 aromatic carbocycles.